The van der Waals surface area contributed by atoms with Crippen LogP contribution in [0, 0.1) is 5.82 Å². The SMILES string of the molecule is O=C(c1cc(C(F)(F)F)cc(Cl)c1F)N1CCCN(Cc2nccn2Cc2ccccc2)CC1. The smallest absolute Gasteiger partial charge is 0.337 e. The number of halogens is 5. The van der Waals surface area contributed by atoms with Crippen molar-refractivity contribution in [2.75, 3.05) is 26.2 Å². The lowest BCUT2D eigenvalue weighted by Crippen LogP contribution is -2.36. The molecule has 1 aromatic heterocycles. The Kier molecular flexibility index (Phi) is 7.23. The first-order chi connectivity index (χ1) is 16.2. The van der Waals surface area contributed by atoms with E-state index in [4.69, 9.17) is 11.6 Å². The van der Waals surface area contributed by atoms with Crippen LogP contribution in [0.25, 0.3) is 0 Å². The van der Waals surface area contributed by atoms with Crippen LogP contribution in [-0.4, -0.2) is 51.4 Å². The fourth-order valence-corrected chi connectivity index (χ4v) is 4.25. The minimum atomic E-state index is -4.73. The van der Waals surface area contributed by atoms with Gasteiger partial charge in [-0.2, -0.15) is 13.2 Å². The lowest BCUT2D eigenvalue weighted by Gasteiger charge is -2.23. The molecule has 1 aliphatic rings. The molecule has 10 heteroatoms. The maximum Gasteiger partial charge on any atom is 0.416 e. The minimum absolute atomic E-state index is 0.255. The van der Waals surface area contributed by atoms with Gasteiger partial charge in [-0.1, -0.05) is 41.9 Å². The van der Waals surface area contributed by atoms with Gasteiger partial charge in [0.1, 0.15) is 5.82 Å². The molecule has 0 spiro atoms. The molecule has 1 aliphatic heterocycles. The second kappa shape index (κ2) is 10.1. The van der Waals surface area contributed by atoms with Crippen LogP contribution >= 0.6 is 11.6 Å². The molecule has 0 aliphatic carbocycles. The number of imidazole rings is 1. The molecule has 34 heavy (non-hydrogen) atoms. The van der Waals surface area contributed by atoms with E-state index < -0.39 is 34.1 Å². The van der Waals surface area contributed by atoms with Gasteiger partial charge >= 0.3 is 6.18 Å². The second-order valence-electron chi connectivity index (χ2n) is 8.20. The first kappa shape index (κ1) is 24.2. The van der Waals surface area contributed by atoms with E-state index in [1.54, 1.807) is 6.20 Å². The molecule has 180 valence electrons. The number of rotatable bonds is 5. The van der Waals surface area contributed by atoms with Crippen LogP contribution in [0.5, 0.6) is 0 Å². The zero-order chi connectivity index (χ0) is 24.3. The maximum atomic E-state index is 14.5. The van der Waals surface area contributed by atoms with Gasteiger partial charge in [0.05, 0.1) is 22.7 Å². The topological polar surface area (TPSA) is 41.4 Å². The molecule has 0 radical (unpaired) electrons. The maximum absolute atomic E-state index is 14.5. The zero-order valence-corrected chi connectivity index (χ0v) is 19.0. The van der Waals surface area contributed by atoms with Gasteiger partial charge in [0.15, 0.2) is 5.82 Å². The van der Waals surface area contributed by atoms with Gasteiger partial charge in [0.25, 0.3) is 5.91 Å². The van der Waals surface area contributed by atoms with Crippen molar-refractivity contribution in [3.05, 3.63) is 88.2 Å². The van der Waals surface area contributed by atoms with E-state index in [0.29, 0.717) is 51.3 Å². The number of carbonyl (C=O) groups excluding carboxylic acids is 1. The number of amides is 1. The molecule has 4 rings (SSSR count). The first-order valence-electron chi connectivity index (χ1n) is 10.8. The monoisotopic (exact) mass is 494 g/mol. The van der Waals surface area contributed by atoms with Crippen molar-refractivity contribution in [2.24, 2.45) is 0 Å². The third-order valence-electron chi connectivity index (χ3n) is 5.82. The Hall–Kier alpha value is -2.91. The normalized spacial score (nSPS) is 15.4. The summed E-state index contributed by atoms with van der Waals surface area (Å²) in [5.74, 6) is -1.05. The molecule has 3 aromatic rings. The van der Waals surface area contributed by atoms with Gasteiger partial charge in [-0.05, 0) is 24.1 Å². The Labute approximate surface area is 199 Å². The molecular formula is C24H23ClF4N4O. The highest BCUT2D eigenvalue weighted by atomic mass is 35.5. The van der Waals surface area contributed by atoms with Crippen molar-refractivity contribution in [2.45, 2.75) is 25.7 Å². The number of hydrogen-bond acceptors (Lipinski definition) is 3. The van der Waals surface area contributed by atoms with Gasteiger partial charge in [-0.15, -0.1) is 0 Å². The van der Waals surface area contributed by atoms with E-state index in [1.165, 1.54) is 4.90 Å². The van der Waals surface area contributed by atoms with E-state index in [-0.39, 0.29) is 6.54 Å². The van der Waals surface area contributed by atoms with Crippen molar-refractivity contribution in [1.29, 1.82) is 0 Å². The molecule has 5 nitrogen and oxygen atoms in total. The van der Waals surface area contributed by atoms with E-state index in [9.17, 15) is 22.4 Å². The van der Waals surface area contributed by atoms with Crippen LogP contribution in [-0.2, 0) is 19.3 Å². The number of hydrogen-bond donors (Lipinski definition) is 0. The summed E-state index contributed by atoms with van der Waals surface area (Å²) >= 11 is 5.65. The van der Waals surface area contributed by atoms with Gasteiger partial charge < -0.3 is 9.47 Å². The standard InChI is InChI=1S/C24H23ClF4N4O/c25-20-14-18(24(27,28)29)13-19(22(20)26)23(34)32-9-4-8-31(11-12-32)16-21-30-7-10-33(21)15-17-5-2-1-3-6-17/h1-3,5-7,10,13-14H,4,8-9,11-12,15-16H2. The van der Waals surface area contributed by atoms with Crippen LogP contribution in [0.15, 0.2) is 54.9 Å². The number of aromatic nitrogens is 2. The molecule has 0 saturated carbocycles. The lowest BCUT2D eigenvalue weighted by molar-refractivity contribution is -0.137. The van der Waals surface area contributed by atoms with Crippen molar-refractivity contribution < 1.29 is 22.4 Å². The van der Waals surface area contributed by atoms with Crippen LogP contribution < -0.4 is 0 Å². The molecule has 2 heterocycles. The van der Waals surface area contributed by atoms with E-state index in [2.05, 4.69) is 14.5 Å². The van der Waals surface area contributed by atoms with Crippen LogP contribution in [0.3, 0.4) is 0 Å². The largest absolute Gasteiger partial charge is 0.416 e. The summed E-state index contributed by atoms with van der Waals surface area (Å²) in [6.07, 6.45) is -0.481. The summed E-state index contributed by atoms with van der Waals surface area (Å²) in [5.41, 5.74) is -0.660. The third-order valence-corrected chi connectivity index (χ3v) is 6.10. The Morgan fingerprint density at radius 3 is 2.53 bits per heavy atom. The average Bonchev–Trinajstić information content (AvgIpc) is 3.09. The predicted octanol–water partition coefficient (Wildman–Crippen LogP) is 5.09. The van der Waals surface area contributed by atoms with Gasteiger partial charge in [-0.25, -0.2) is 9.37 Å². The molecule has 0 unspecified atom stereocenters. The highest BCUT2D eigenvalue weighted by Crippen LogP contribution is 2.34. The molecule has 1 fully saturated rings. The van der Waals surface area contributed by atoms with Crippen molar-refractivity contribution in [3.63, 3.8) is 0 Å². The Morgan fingerprint density at radius 1 is 1.03 bits per heavy atom. The van der Waals surface area contributed by atoms with Crippen molar-refractivity contribution >= 4 is 17.5 Å². The molecule has 0 bridgehead atoms. The average molecular weight is 495 g/mol. The molecule has 2 aromatic carbocycles. The number of carbonyl (C=O) groups is 1. The lowest BCUT2D eigenvalue weighted by atomic mass is 10.1. The van der Waals surface area contributed by atoms with Crippen LogP contribution in [0.1, 0.15) is 33.7 Å². The summed E-state index contributed by atoms with van der Waals surface area (Å²) in [7, 11) is 0. The minimum Gasteiger partial charge on any atom is -0.337 e. The predicted molar refractivity (Wildman–Crippen MR) is 120 cm³/mol. The fraction of sp³-hybridized carbons (Fsp3) is 0.333. The summed E-state index contributed by atoms with van der Waals surface area (Å²) in [4.78, 5) is 20.9. The van der Waals surface area contributed by atoms with Gasteiger partial charge in [0.2, 0.25) is 0 Å². The molecule has 1 amide bonds. The number of alkyl halides is 3. The number of benzene rings is 2. The van der Waals surface area contributed by atoms with Crippen LogP contribution in [0.4, 0.5) is 17.6 Å². The fourth-order valence-electron chi connectivity index (χ4n) is 4.03. The molecule has 0 N–H and O–H groups in total. The highest BCUT2D eigenvalue weighted by Gasteiger charge is 2.34. The Bertz CT molecular complexity index is 1150. The summed E-state index contributed by atoms with van der Waals surface area (Å²) < 4.78 is 55.9. The highest BCUT2D eigenvalue weighted by molar-refractivity contribution is 6.31. The van der Waals surface area contributed by atoms with E-state index in [0.717, 1.165) is 11.4 Å². The number of nitrogens with zero attached hydrogens (tertiary/aromatic N) is 4. The summed E-state index contributed by atoms with van der Waals surface area (Å²) in [6, 6.07) is 11.0. The van der Waals surface area contributed by atoms with Gasteiger partial charge in [0, 0.05) is 45.1 Å². The quantitative estimate of drug-likeness (QED) is 0.464. The van der Waals surface area contributed by atoms with Crippen molar-refractivity contribution in [3.8, 4) is 0 Å². The van der Waals surface area contributed by atoms with Crippen LogP contribution in [0.2, 0.25) is 5.02 Å². The molecule has 1 saturated heterocycles. The second-order valence-corrected chi connectivity index (χ2v) is 8.60. The van der Waals surface area contributed by atoms with E-state index >= 15 is 0 Å². The van der Waals surface area contributed by atoms with E-state index in [1.807, 2.05) is 36.5 Å². The summed E-state index contributed by atoms with van der Waals surface area (Å²) in [5, 5.41) is -0.722. The molecule has 0 atom stereocenters. The van der Waals surface area contributed by atoms with Gasteiger partial charge in [-0.3, -0.25) is 9.69 Å². The molecular weight excluding hydrogens is 472 g/mol. The zero-order valence-electron chi connectivity index (χ0n) is 18.2. The Balaban J connectivity index is 1.43. The third kappa shape index (κ3) is 5.59. The van der Waals surface area contributed by atoms with Crippen molar-refractivity contribution in [1.82, 2.24) is 19.4 Å². The first-order valence-corrected chi connectivity index (χ1v) is 11.2. The Morgan fingerprint density at radius 2 is 1.79 bits per heavy atom. The summed E-state index contributed by atoms with van der Waals surface area (Å²) in [6.45, 7) is 2.97.